The highest BCUT2D eigenvalue weighted by Crippen LogP contribution is 2.10. The summed E-state index contributed by atoms with van der Waals surface area (Å²) in [5, 5.41) is 2.91. The molecule has 0 aromatic heterocycles. The molecule has 0 rings (SSSR count). The van der Waals surface area contributed by atoms with E-state index in [1.165, 1.54) is 70.6 Å². The summed E-state index contributed by atoms with van der Waals surface area (Å²) >= 11 is 0. The number of nitrogens with one attached hydrogen (secondary N) is 1. The largest absolute Gasteiger partial charge is 0.466 e. The van der Waals surface area contributed by atoms with E-state index in [0.29, 0.717) is 32.4 Å². The highest BCUT2D eigenvalue weighted by molar-refractivity contribution is 5.75. The van der Waals surface area contributed by atoms with E-state index >= 15 is 0 Å². The average molecular weight is 650 g/mol. The fraction of sp³-hybridized carbons (Fsp3) is 0.628. The molecule has 0 unspecified atom stereocenters. The number of amides is 1. The second-order valence-electron chi connectivity index (χ2n) is 12.2. The van der Waals surface area contributed by atoms with E-state index in [1.54, 1.807) is 0 Å². The van der Waals surface area contributed by atoms with Crippen LogP contribution in [0.15, 0.2) is 85.1 Å². The lowest BCUT2D eigenvalue weighted by Crippen LogP contribution is -2.25. The van der Waals surface area contributed by atoms with E-state index in [9.17, 15) is 9.59 Å². The van der Waals surface area contributed by atoms with Crippen LogP contribution in [0.25, 0.3) is 0 Å². The molecule has 266 valence electrons. The minimum atomic E-state index is -0.119. The van der Waals surface area contributed by atoms with Crippen LogP contribution in [0.5, 0.6) is 0 Å². The Balaban J connectivity index is 3.50. The minimum Gasteiger partial charge on any atom is -0.466 e. The zero-order valence-corrected chi connectivity index (χ0v) is 30.5. The Kier molecular flexibility index (Phi) is 36.9. The van der Waals surface area contributed by atoms with Gasteiger partial charge in [-0.2, -0.15) is 0 Å². The molecule has 4 nitrogen and oxygen atoms in total. The molecule has 0 saturated heterocycles. The van der Waals surface area contributed by atoms with E-state index in [1.807, 2.05) is 0 Å². The van der Waals surface area contributed by atoms with Crippen LogP contribution >= 0.6 is 0 Å². The lowest BCUT2D eigenvalue weighted by Gasteiger charge is -2.06. The number of carbonyl (C=O) groups is 2. The first-order valence-electron chi connectivity index (χ1n) is 19.2. The number of hydrogen-bond acceptors (Lipinski definition) is 3. The Hall–Kier alpha value is -2.88. The van der Waals surface area contributed by atoms with Gasteiger partial charge in [-0.1, -0.05) is 150 Å². The van der Waals surface area contributed by atoms with Crippen molar-refractivity contribution in [3.8, 4) is 0 Å². The van der Waals surface area contributed by atoms with Gasteiger partial charge in [-0.25, -0.2) is 0 Å². The van der Waals surface area contributed by atoms with Gasteiger partial charge < -0.3 is 10.1 Å². The smallest absolute Gasteiger partial charge is 0.305 e. The van der Waals surface area contributed by atoms with Crippen LogP contribution in [0.3, 0.4) is 0 Å². The van der Waals surface area contributed by atoms with E-state index < -0.39 is 0 Å². The summed E-state index contributed by atoms with van der Waals surface area (Å²) in [6, 6.07) is 0. The first-order valence-corrected chi connectivity index (χ1v) is 19.2. The molecular weight excluding hydrogens is 578 g/mol. The fourth-order valence-corrected chi connectivity index (χ4v) is 4.84. The molecule has 0 bridgehead atoms. The molecule has 0 aliphatic heterocycles. The number of allylic oxidation sites excluding steroid dienone is 14. The van der Waals surface area contributed by atoms with Crippen LogP contribution in [-0.4, -0.2) is 25.0 Å². The molecule has 0 aliphatic rings. The predicted octanol–water partition coefficient (Wildman–Crippen LogP) is 12.6. The van der Waals surface area contributed by atoms with Crippen LogP contribution in [0.1, 0.15) is 162 Å². The van der Waals surface area contributed by atoms with Crippen molar-refractivity contribution < 1.29 is 14.3 Å². The second kappa shape index (κ2) is 39.3. The lowest BCUT2D eigenvalue weighted by molar-refractivity contribution is -0.143. The van der Waals surface area contributed by atoms with Gasteiger partial charge in [-0.15, -0.1) is 0 Å². The molecule has 1 amide bonds. The number of ether oxygens (including phenoxy) is 1. The van der Waals surface area contributed by atoms with Gasteiger partial charge in [0.25, 0.3) is 0 Å². The summed E-state index contributed by atoms with van der Waals surface area (Å²) in [5.74, 6) is -0.0734. The monoisotopic (exact) mass is 650 g/mol. The maximum absolute atomic E-state index is 12.0. The second-order valence-corrected chi connectivity index (χ2v) is 12.2. The van der Waals surface area contributed by atoms with Crippen molar-refractivity contribution in [3.63, 3.8) is 0 Å². The van der Waals surface area contributed by atoms with E-state index in [4.69, 9.17) is 4.74 Å². The molecule has 0 aliphatic carbocycles. The Bertz CT molecular complexity index is 906. The van der Waals surface area contributed by atoms with Crippen molar-refractivity contribution in [2.45, 2.75) is 162 Å². The Labute approximate surface area is 290 Å². The standard InChI is InChI=1S/C43H71NO3/c1-3-5-7-9-11-13-15-17-19-20-21-22-24-25-27-29-31-33-35-38-42(45)44-40-37-41-47-43(46)39-36-34-32-30-28-26-23-18-16-14-12-10-8-6-4-2/h5,7,11,13,17-19,21-23,25,27,31,33H,3-4,6,8-10,12,14-16,20,24,26,28-30,32,34-41H2,1-2H3,(H,44,45)/b7-5+,13-11+,19-17+,22-21+,23-18+,27-25+,33-31+. The van der Waals surface area contributed by atoms with Gasteiger partial charge in [-0.3, -0.25) is 9.59 Å². The number of carbonyl (C=O) groups excluding carboxylic acids is 2. The first kappa shape index (κ1) is 44.1. The molecule has 1 N–H and O–H groups in total. The Morgan fingerprint density at radius 2 is 0.915 bits per heavy atom. The van der Waals surface area contributed by atoms with Crippen molar-refractivity contribution in [1.29, 1.82) is 0 Å². The van der Waals surface area contributed by atoms with E-state index in [-0.39, 0.29) is 11.9 Å². The third-order valence-corrected chi connectivity index (χ3v) is 7.68. The Morgan fingerprint density at radius 1 is 0.468 bits per heavy atom. The van der Waals surface area contributed by atoms with Crippen molar-refractivity contribution in [1.82, 2.24) is 5.32 Å². The highest BCUT2D eigenvalue weighted by Gasteiger charge is 2.03. The number of hydrogen-bond donors (Lipinski definition) is 1. The minimum absolute atomic E-state index is 0.0455. The molecule has 0 atom stereocenters. The third kappa shape index (κ3) is 39.2. The maximum Gasteiger partial charge on any atom is 0.305 e. The lowest BCUT2D eigenvalue weighted by atomic mass is 10.1. The van der Waals surface area contributed by atoms with Crippen LogP contribution in [0, 0.1) is 0 Å². The molecule has 47 heavy (non-hydrogen) atoms. The summed E-state index contributed by atoms with van der Waals surface area (Å²) in [5.41, 5.74) is 0. The van der Waals surface area contributed by atoms with Crippen LogP contribution in [0.4, 0.5) is 0 Å². The Morgan fingerprint density at radius 3 is 1.45 bits per heavy atom. The van der Waals surface area contributed by atoms with Crippen molar-refractivity contribution in [2.24, 2.45) is 0 Å². The highest BCUT2D eigenvalue weighted by atomic mass is 16.5. The van der Waals surface area contributed by atoms with Crippen LogP contribution in [0.2, 0.25) is 0 Å². The maximum atomic E-state index is 12.0. The van der Waals surface area contributed by atoms with Gasteiger partial charge in [0, 0.05) is 19.4 Å². The zero-order chi connectivity index (χ0) is 34.1. The topological polar surface area (TPSA) is 55.4 Å². The fourth-order valence-electron chi connectivity index (χ4n) is 4.84. The van der Waals surface area contributed by atoms with Gasteiger partial charge in [0.15, 0.2) is 0 Å². The molecule has 0 aromatic rings. The van der Waals surface area contributed by atoms with E-state index in [2.05, 4.69) is 104 Å². The molecule has 4 heteroatoms. The van der Waals surface area contributed by atoms with Gasteiger partial charge in [-0.05, 0) is 83.5 Å². The average Bonchev–Trinajstić information content (AvgIpc) is 3.07. The van der Waals surface area contributed by atoms with Crippen molar-refractivity contribution in [3.05, 3.63) is 85.1 Å². The predicted molar refractivity (Wildman–Crippen MR) is 205 cm³/mol. The van der Waals surface area contributed by atoms with Gasteiger partial charge >= 0.3 is 5.97 Å². The van der Waals surface area contributed by atoms with Crippen LogP contribution < -0.4 is 5.32 Å². The normalized spacial score (nSPS) is 12.5. The molecule has 0 radical (unpaired) electrons. The first-order chi connectivity index (χ1) is 23.2. The summed E-state index contributed by atoms with van der Waals surface area (Å²) in [6.07, 6.45) is 55.4. The summed E-state index contributed by atoms with van der Waals surface area (Å²) in [4.78, 5) is 23.9. The molecule has 0 saturated carbocycles. The molecule has 0 aromatic carbocycles. The molecule has 0 fully saturated rings. The van der Waals surface area contributed by atoms with Crippen molar-refractivity contribution in [2.75, 3.05) is 13.2 Å². The van der Waals surface area contributed by atoms with E-state index in [0.717, 1.165) is 57.8 Å². The summed E-state index contributed by atoms with van der Waals surface area (Å²) < 4.78 is 5.32. The SMILES string of the molecule is CC/C=C/C/C=C/C/C=C/C/C=C/C/C=C/C/C=C/CCC(=O)NCCCOC(=O)CCCCCCC/C=C/CCCCCCCC. The number of rotatable bonds is 33. The summed E-state index contributed by atoms with van der Waals surface area (Å²) in [7, 11) is 0. The quantitative estimate of drug-likeness (QED) is 0.0437. The number of esters is 1. The van der Waals surface area contributed by atoms with Crippen molar-refractivity contribution >= 4 is 11.9 Å². The van der Waals surface area contributed by atoms with Gasteiger partial charge in [0.2, 0.25) is 5.91 Å². The molecule has 0 heterocycles. The molecule has 0 spiro atoms. The summed E-state index contributed by atoms with van der Waals surface area (Å²) in [6.45, 7) is 5.34. The third-order valence-electron chi connectivity index (χ3n) is 7.68. The number of unbranched alkanes of at least 4 members (excludes halogenated alkanes) is 11. The molecular formula is C43H71NO3. The van der Waals surface area contributed by atoms with Gasteiger partial charge in [0.05, 0.1) is 6.61 Å². The van der Waals surface area contributed by atoms with Crippen LogP contribution in [-0.2, 0) is 14.3 Å². The van der Waals surface area contributed by atoms with Gasteiger partial charge in [0.1, 0.15) is 0 Å². The zero-order valence-electron chi connectivity index (χ0n) is 30.5.